The van der Waals surface area contributed by atoms with E-state index in [1.165, 1.54) is 18.6 Å². The first kappa shape index (κ1) is 12.1. The molecule has 0 aromatic heterocycles. The summed E-state index contributed by atoms with van der Waals surface area (Å²) < 4.78 is 13.0. The molecule has 1 aliphatic heterocycles. The minimum absolute atomic E-state index is 0.238. The number of nitrogens with zero attached hydrogens (tertiary/aromatic N) is 1. The van der Waals surface area contributed by atoms with Gasteiger partial charge in [0, 0.05) is 19.0 Å². The molecule has 1 saturated carbocycles. The maximum atomic E-state index is 13.0. The summed E-state index contributed by atoms with van der Waals surface area (Å²) in [5, 5.41) is 11.1. The third-order valence-electron chi connectivity index (χ3n) is 4.71. The molecule has 0 amide bonds. The number of likely N-dealkylation sites (tertiary alicyclic amines) is 1. The van der Waals surface area contributed by atoms with E-state index < -0.39 is 5.60 Å². The van der Waals surface area contributed by atoms with Crippen molar-refractivity contribution in [1.29, 1.82) is 0 Å². The van der Waals surface area contributed by atoms with E-state index in [9.17, 15) is 9.50 Å². The van der Waals surface area contributed by atoms with Gasteiger partial charge in [0.1, 0.15) is 5.82 Å². The van der Waals surface area contributed by atoms with Crippen molar-refractivity contribution in [2.24, 2.45) is 11.8 Å². The second-order valence-electron chi connectivity index (χ2n) is 5.91. The van der Waals surface area contributed by atoms with E-state index in [0.29, 0.717) is 11.8 Å². The second kappa shape index (κ2) is 4.32. The fourth-order valence-corrected chi connectivity index (χ4v) is 3.84. The van der Waals surface area contributed by atoms with Gasteiger partial charge in [0.05, 0.1) is 5.60 Å². The van der Waals surface area contributed by atoms with Crippen LogP contribution in [0.3, 0.4) is 0 Å². The Kier molecular flexibility index (Phi) is 2.91. The monoisotopic (exact) mass is 249 g/mol. The van der Waals surface area contributed by atoms with Crippen LogP contribution in [0.4, 0.5) is 4.39 Å². The Hall–Kier alpha value is -0.930. The Morgan fingerprint density at radius 2 is 2.00 bits per heavy atom. The van der Waals surface area contributed by atoms with Gasteiger partial charge in [-0.3, -0.25) is 0 Å². The summed E-state index contributed by atoms with van der Waals surface area (Å²) in [5.74, 6) is 0.638. The first-order chi connectivity index (χ1) is 8.59. The number of halogens is 1. The SMILES string of the molecule is CN1C[C@@H]2CCC[C@](O)(c3ccc(F)cc3)[C@@H]2C1. The molecule has 0 radical (unpaired) electrons. The van der Waals surface area contributed by atoms with E-state index in [2.05, 4.69) is 11.9 Å². The molecule has 1 aromatic rings. The molecule has 3 heteroatoms. The normalized spacial score (nSPS) is 36.6. The lowest BCUT2D eigenvalue weighted by atomic mass is 9.67. The molecule has 1 aromatic carbocycles. The molecule has 3 rings (SSSR count). The molecule has 98 valence electrons. The third-order valence-corrected chi connectivity index (χ3v) is 4.71. The van der Waals surface area contributed by atoms with Crippen LogP contribution in [-0.2, 0) is 5.60 Å². The Labute approximate surface area is 107 Å². The van der Waals surface area contributed by atoms with Crippen LogP contribution in [0.5, 0.6) is 0 Å². The van der Waals surface area contributed by atoms with E-state index in [1.807, 2.05) is 0 Å². The van der Waals surface area contributed by atoms with Gasteiger partial charge in [0.15, 0.2) is 0 Å². The van der Waals surface area contributed by atoms with Crippen molar-refractivity contribution in [1.82, 2.24) is 4.90 Å². The maximum Gasteiger partial charge on any atom is 0.123 e. The molecule has 2 aliphatic rings. The highest BCUT2D eigenvalue weighted by atomic mass is 19.1. The molecule has 18 heavy (non-hydrogen) atoms. The van der Waals surface area contributed by atoms with Crippen LogP contribution >= 0.6 is 0 Å². The fourth-order valence-electron chi connectivity index (χ4n) is 3.84. The third kappa shape index (κ3) is 1.86. The zero-order valence-corrected chi connectivity index (χ0v) is 10.8. The molecule has 0 unspecified atom stereocenters. The van der Waals surface area contributed by atoms with Crippen LogP contribution in [0, 0.1) is 17.7 Å². The van der Waals surface area contributed by atoms with Crippen molar-refractivity contribution in [3.05, 3.63) is 35.6 Å². The number of benzene rings is 1. The van der Waals surface area contributed by atoms with E-state index in [4.69, 9.17) is 0 Å². The summed E-state index contributed by atoms with van der Waals surface area (Å²) in [7, 11) is 2.11. The molecule has 0 spiro atoms. The van der Waals surface area contributed by atoms with Gasteiger partial charge < -0.3 is 10.0 Å². The Balaban J connectivity index is 1.94. The predicted octanol–water partition coefficient (Wildman–Crippen LogP) is 2.38. The van der Waals surface area contributed by atoms with Gasteiger partial charge in [0.2, 0.25) is 0 Å². The largest absolute Gasteiger partial charge is 0.385 e. The van der Waals surface area contributed by atoms with Crippen molar-refractivity contribution in [3.63, 3.8) is 0 Å². The fraction of sp³-hybridized carbons (Fsp3) is 0.600. The van der Waals surface area contributed by atoms with Crippen LogP contribution in [-0.4, -0.2) is 30.1 Å². The van der Waals surface area contributed by atoms with Crippen LogP contribution < -0.4 is 0 Å². The highest BCUT2D eigenvalue weighted by Gasteiger charge is 2.48. The van der Waals surface area contributed by atoms with Crippen LogP contribution in [0.2, 0.25) is 0 Å². The van der Waals surface area contributed by atoms with E-state index in [1.54, 1.807) is 12.1 Å². The topological polar surface area (TPSA) is 23.5 Å². The van der Waals surface area contributed by atoms with Gasteiger partial charge in [-0.1, -0.05) is 12.1 Å². The van der Waals surface area contributed by atoms with E-state index >= 15 is 0 Å². The van der Waals surface area contributed by atoms with Crippen molar-refractivity contribution in [3.8, 4) is 0 Å². The lowest BCUT2D eigenvalue weighted by molar-refractivity contribution is -0.0645. The molecule has 3 atom stereocenters. The molecule has 1 aliphatic carbocycles. The summed E-state index contributed by atoms with van der Waals surface area (Å²) in [6.07, 6.45) is 3.06. The van der Waals surface area contributed by atoms with Crippen LogP contribution in [0.25, 0.3) is 0 Å². The number of rotatable bonds is 1. The number of aliphatic hydroxyl groups is 1. The summed E-state index contributed by atoms with van der Waals surface area (Å²) in [6, 6.07) is 6.40. The molecule has 2 nitrogen and oxygen atoms in total. The second-order valence-corrected chi connectivity index (χ2v) is 5.91. The van der Waals surface area contributed by atoms with Crippen molar-refractivity contribution < 1.29 is 9.50 Å². The minimum Gasteiger partial charge on any atom is -0.385 e. The van der Waals surface area contributed by atoms with Gasteiger partial charge in [-0.05, 0) is 49.9 Å². The molecular weight excluding hydrogens is 229 g/mol. The van der Waals surface area contributed by atoms with Gasteiger partial charge in [-0.15, -0.1) is 0 Å². The summed E-state index contributed by atoms with van der Waals surface area (Å²) in [6.45, 7) is 2.02. The molecule has 0 bridgehead atoms. The number of hydrogen-bond donors (Lipinski definition) is 1. The molecular formula is C15H20FNO. The highest BCUT2D eigenvalue weighted by Crippen LogP contribution is 2.47. The number of hydrogen-bond acceptors (Lipinski definition) is 2. The standard InChI is InChI=1S/C15H20FNO/c1-17-9-11-3-2-8-15(18,14(11)10-17)12-4-6-13(16)7-5-12/h4-7,11,14,18H,2-3,8-10H2,1H3/t11-,14+,15-/m0/s1. The van der Waals surface area contributed by atoms with Gasteiger partial charge in [-0.25, -0.2) is 4.39 Å². The summed E-state index contributed by atoms with van der Waals surface area (Å²) in [5.41, 5.74) is 0.121. The molecule has 1 heterocycles. The average molecular weight is 249 g/mol. The summed E-state index contributed by atoms with van der Waals surface area (Å²) in [4.78, 5) is 2.30. The highest BCUT2D eigenvalue weighted by molar-refractivity contribution is 5.26. The number of fused-ring (bicyclic) bond motifs is 1. The lowest BCUT2D eigenvalue weighted by Crippen LogP contribution is -2.42. The van der Waals surface area contributed by atoms with Crippen molar-refractivity contribution >= 4 is 0 Å². The first-order valence-electron chi connectivity index (χ1n) is 6.76. The van der Waals surface area contributed by atoms with Crippen LogP contribution in [0.1, 0.15) is 24.8 Å². The first-order valence-corrected chi connectivity index (χ1v) is 6.76. The predicted molar refractivity (Wildman–Crippen MR) is 68.6 cm³/mol. The molecule has 2 fully saturated rings. The van der Waals surface area contributed by atoms with Crippen LogP contribution in [0.15, 0.2) is 24.3 Å². The zero-order chi connectivity index (χ0) is 12.8. The van der Waals surface area contributed by atoms with E-state index in [-0.39, 0.29) is 5.82 Å². The Morgan fingerprint density at radius 3 is 2.72 bits per heavy atom. The summed E-state index contributed by atoms with van der Waals surface area (Å²) >= 11 is 0. The lowest BCUT2D eigenvalue weighted by Gasteiger charge is -2.41. The van der Waals surface area contributed by atoms with Gasteiger partial charge >= 0.3 is 0 Å². The Morgan fingerprint density at radius 1 is 1.28 bits per heavy atom. The van der Waals surface area contributed by atoms with Crippen molar-refractivity contribution in [2.45, 2.75) is 24.9 Å². The van der Waals surface area contributed by atoms with E-state index in [0.717, 1.165) is 31.5 Å². The van der Waals surface area contributed by atoms with Gasteiger partial charge in [-0.2, -0.15) is 0 Å². The smallest absolute Gasteiger partial charge is 0.123 e. The van der Waals surface area contributed by atoms with Crippen molar-refractivity contribution in [2.75, 3.05) is 20.1 Å². The quantitative estimate of drug-likeness (QED) is 0.826. The minimum atomic E-state index is -0.763. The molecule has 1 saturated heterocycles. The van der Waals surface area contributed by atoms with Gasteiger partial charge in [0.25, 0.3) is 0 Å². The molecule has 1 N–H and O–H groups in total. The Bertz CT molecular complexity index is 433. The zero-order valence-electron chi connectivity index (χ0n) is 10.8. The average Bonchev–Trinajstić information content (AvgIpc) is 2.72. The maximum absolute atomic E-state index is 13.0.